The number of carbonyl (C=O) groups excluding carboxylic acids is 2. The van der Waals surface area contributed by atoms with Gasteiger partial charge in [-0.25, -0.2) is 4.39 Å². The lowest BCUT2D eigenvalue weighted by Gasteiger charge is -2.25. The number of likely N-dealkylation sites (tertiary alicyclic amines) is 1. The van der Waals surface area contributed by atoms with Gasteiger partial charge in [-0.2, -0.15) is 0 Å². The Labute approximate surface area is 173 Å². The lowest BCUT2D eigenvalue weighted by Crippen LogP contribution is -2.31. The predicted octanol–water partition coefficient (Wildman–Crippen LogP) is 3.89. The molecule has 1 aromatic heterocycles. The molecule has 4 rings (SSSR count). The number of Topliss-reactive ketones (excluding diaryl/α,β-unsaturated/α-hetero) is 1. The summed E-state index contributed by atoms with van der Waals surface area (Å²) in [5, 5.41) is 10.9. The highest BCUT2D eigenvalue weighted by Crippen LogP contribution is 2.39. The van der Waals surface area contributed by atoms with Crippen molar-refractivity contribution in [1.29, 1.82) is 0 Å². The highest BCUT2D eigenvalue weighted by molar-refractivity contribution is 6.46. The van der Waals surface area contributed by atoms with Crippen molar-refractivity contribution in [2.75, 3.05) is 6.54 Å². The number of hydrogen-bond donors (Lipinski definition) is 1. The summed E-state index contributed by atoms with van der Waals surface area (Å²) in [5.41, 5.74) is 1.95. The number of halogens is 1. The summed E-state index contributed by atoms with van der Waals surface area (Å²) in [7, 11) is 0. The molecule has 1 saturated heterocycles. The van der Waals surface area contributed by atoms with Gasteiger partial charge in [0.05, 0.1) is 11.6 Å². The number of aliphatic hydroxyl groups is 1. The van der Waals surface area contributed by atoms with Gasteiger partial charge in [-0.3, -0.25) is 14.6 Å². The van der Waals surface area contributed by atoms with Crippen molar-refractivity contribution in [2.24, 2.45) is 0 Å². The number of ketones is 1. The van der Waals surface area contributed by atoms with Crippen LogP contribution in [0.2, 0.25) is 0 Å². The monoisotopic (exact) mass is 402 g/mol. The van der Waals surface area contributed by atoms with Crippen LogP contribution in [0.4, 0.5) is 4.39 Å². The van der Waals surface area contributed by atoms with Crippen molar-refractivity contribution in [3.8, 4) is 0 Å². The summed E-state index contributed by atoms with van der Waals surface area (Å²) < 4.78 is 13.5. The van der Waals surface area contributed by atoms with Crippen LogP contribution in [0.3, 0.4) is 0 Å². The third-order valence-corrected chi connectivity index (χ3v) is 5.16. The molecule has 6 heteroatoms. The van der Waals surface area contributed by atoms with Gasteiger partial charge in [0.2, 0.25) is 0 Å². The molecule has 150 valence electrons. The molecule has 0 spiro atoms. The minimum absolute atomic E-state index is 0.00845. The van der Waals surface area contributed by atoms with Gasteiger partial charge in [0.25, 0.3) is 11.7 Å². The van der Waals surface area contributed by atoms with E-state index in [-0.39, 0.29) is 17.9 Å². The summed E-state index contributed by atoms with van der Waals surface area (Å²) in [6, 6.07) is 17.5. The molecule has 1 aliphatic heterocycles. The van der Waals surface area contributed by atoms with Crippen LogP contribution >= 0.6 is 0 Å². The molecule has 2 heterocycles. The van der Waals surface area contributed by atoms with Gasteiger partial charge in [0.1, 0.15) is 11.6 Å². The maximum Gasteiger partial charge on any atom is 0.295 e. The van der Waals surface area contributed by atoms with E-state index in [0.717, 1.165) is 5.56 Å². The van der Waals surface area contributed by atoms with Crippen LogP contribution in [-0.2, 0) is 16.0 Å². The largest absolute Gasteiger partial charge is 0.507 e. The number of carbonyl (C=O) groups is 2. The van der Waals surface area contributed by atoms with Gasteiger partial charge in [-0.1, -0.05) is 42.5 Å². The van der Waals surface area contributed by atoms with Crippen molar-refractivity contribution in [3.05, 3.63) is 107 Å². The SMILES string of the molecule is O=C1C(=O)N(CCc2ccccc2)C(c2ccc(F)cc2)C1=C(O)c1ccncc1. The van der Waals surface area contributed by atoms with Crippen LogP contribution in [0.1, 0.15) is 22.7 Å². The van der Waals surface area contributed by atoms with Gasteiger partial charge >= 0.3 is 0 Å². The fourth-order valence-electron chi connectivity index (χ4n) is 3.66. The van der Waals surface area contributed by atoms with Gasteiger partial charge in [0, 0.05) is 24.5 Å². The molecule has 1 fully saturated rings. The van der Waals surface area contributed by atoms with Gasteiger partial charge in [-0.05, 0) is 41.8 Å². The molecule has 1 amide bonds. The summed E-state index contributed by atoms with van der Waals surface area (Å²) in [6.45, 7) is 0.282. The van der Waals surface area contributed by atoms with Crippen LogP contribution in [0.5, 0.6) is 0 Å². The first kappa shape index (κ1) is 19.5. The lowest BCUT2D eigenvalue weighted by atomic mass is 9.95. The minimum Gasteiger partial charge on any atom is -0.507 e. The molecule has 5 nitrogen and oxygen atoms in total. The second kappa shape index (κ2) is 8.29. The molecule has 1 aliphatic rings. The van der Waals surface area contributed by atoms with Crippen molar-refractivity contribution in [2.45, 2.75) is 12.5 Å². The summed E-state index contributed by atoms with van der Waals surface area (Å²) >= 11 is 0. The Bertz CT molecular complexity index is 1100. The Morgan fingerprint density at radius 1 is 0.967 bits per heavy atom. The topological polar surface area (TPSA) is 70.5 Å². The van der Waals surface area contributed by atoms with Crippen LogP contribution in [0, 0.1) is 5.82 Å². The normalized spacial score (nSPS) is 18.0. The molecule has 0 saturated carbocycles. The van der Waals surface area contributed by atoms with E-state index in [1.165, 1.54) is 41.6 Å². The lowest BCUT2D eigenvalue weighted by molar-refractivity contribution is -0.139. The minimum atomic E-state index is -0.803. The van der Waals surface area contributed by atoms with Crippen LogP contribution in [0.25, 0.3) is 5.76 Å². The van der Waals surface area contributed by atoms with E-state index >= 15 is 0 Å². The first-order chi connectivity index (χ1) is 14.6. The first-order valence-corrected chi connectivity index (χ1v) is 9.54. The zero-order chi connectivity index (χ0) is 21.1. The maximum absolute atomic E-state index is 13.5. The second-order valence-corrected chi connectivity index (χ2v) is 7.02. The zero-order valence-corrected chi connectivity index (χ0v) is 16.0. The molecule has 1 N–H and O–H groups in total. The first-order valence-electron chi connectivity index (χ1n) is 9.54. The van der Waals surface area contributed by atoms with Crippen molar-refractivity contribution >= 4 is 17.4 Å². The van der Waals surface area contributed by atoms with Crippen molar-refractivity contribution < 1.29 is 19.1 Å². The number of amides is 1. The van der Waals surface area contributed by atoms with Crippen LogP contribution in [-0.4, -0.2) is 33.2 Å². The molecule has 0 bridgehead atoms. The number of rotatable bonds is 5. The van der Waals surface area contributed by atoms with Crippen LogP contribution in [0.15, 0.2) is 84.7 Å². The summed E-state index contributed by atoms with van der Waals surface area (Å²) in [4.78, 5) is 31.1. The predicted molar refractivity (Wildman–Crippen MR) is 110 cm³/mol. The van der Waals surface area contributed by atoms with Gasteiger partial charge in [-0.15, -0.1) is 0 Å². The van der Waals surface area contributed by atoms with Crippen molar-refractivity contribution in [3.63, 3.8) is 0 Å². The van der Waals surface area contributed by atoms with Crippen molar-refractivity contribution in [1.82, 2.24) is 9.88 Å². The highest BCUT2D eigenvalue weighted by Gasteiger charge is 2.45. The number of aliphatic hydroxyl groups excluding tert-OH is 1. The number of aromatic nitrogens is 1. The average molecular weight is 402 g/mol. The Morgan fingerprint density at radius 2 is 1.63 bits per heavy atom. The van der Waals surface area contributed by atoms with E-state index in [2.05, 4.69) is 4.98 Å². The molecule has 3 aromatic rings. The number of benzene rings is 2. The smallest absolute Gasteiger partial charge is 0.295 e. The Morgan fingerprint density at radius 3 is 2.30 bits per heavy atom. The van der Waals surface area contributed by atoms with Gasteiger partial charge < -0.3 is 10.0 Å². The van der Waals surface area contributed by atoms with E-state index in [0.29, 0.717) is 17.5 Å². The van der Waals surface area contributed by atoms with E-state index in [4.69, 9.17) is 0 Å². The van der Waals surface area contributed by atoms with Gasteiger partial charge in [0.15, 0.2) is 0 Å². The van der Waals surface area contributed by atoms with E-state index in [1.54, 1.807) is 12.1 Å². The Kier molecular flexibility index (Phi) is 5.39. The maximum atomic E-state index is 13.5. The van der Waals surface area contributed by atoms with E-state index in [9.17, 15) is 19.1 Å². The third-order valence-electron chi connectivity index (χ3n) is 5.16. The third kappa shape index (κ3) is 3.72. The molecule has 30 heavy (non-hydrogen) atoms. The van der Waals surface area contributed by atoms with E-state index in [1.807, 2.05) is 30.3 Å². The standard InChI is InChI=1S/C24H19FN2O3/c25-19-8-6-17(7-9-19)21-20(22(28)18-10-13-26-14-11-18)23(29)24(30)27(21)15-12-16-4-2-1-3-5-16/h1-11,13-14,21,28H,12,15H2. The average Bonchev–Trinajstić information content (AvgIpc) is 3.04. The highest BCUT2D eigenvalue weighted by atomic mass is 19.1. The quantitative estimate of drug-likeness (QED) is 0.399. The fourth-order valence-corrected chi connectivity index (χ4v) is 3.66. The second-order valence-electron chi connectivity index (χ2n) is 7.02. The molecule has 1 unspecified atom stereocenters. The Balaban J connectivity index is 1.78. The summed E-state index contributed by atoms with van der Waals surface area (Å²) in [5.74, 6) is -2.14. The molecular weight excluding hydrogens is 383 g/mol. The fraction of sp³-hybridized carbons (Fsp3) is 0.125. The number of pyridine rings is 1. The molecule has 1 atom stereocenters. The Hall–Kier alpha value is -3.80. The number of nitrogens with zero attached hydrogens (tertiary/aromatic N) is 2. The van der Waals surface area contributed by atoms with E-state index < -0.39 is 23.5 Å². The summed E-state index contributed by atoms with van der Waals surface area (Å²) in [6.07, 6.45) is 3.53. The molecule has 0 aliphatic carbocycles. The molecule has 2 aromatic carbocycles. The molecule has 0 radical (unpaired) electrons. The zero-order valence-electron chi connectivity index (χ0n) is 16.0. The number of hydrogen-bond acceptors (Lipinski definition) is 4. The van der Waals surface area contributed by atoms with Crippen LogP contribution < -0.4 is 0 Å². The molecular formula is C24H19FN2O3.